The Morgan fingerprint density at radius 3 is 2.81 bits per heavy atom. The summed E-state index contributed by atoms with van der Waals surface area (Å²) in [6.45, 7) is 2.02. The molecule has 0 bridgehead atoms. The first-order valence-electron chi connectivity index (χ1n) is 9.09. The monoisotopic (exact) mass is 353 g/mol. The second-order valence-corrected chi connectivity index (χ2v) is 6.93. The molecule has 2 aliphatic heterocycles. The van der Waals surface area contributed by atoms with Gasteiger partial charge in [0.25, 0.3) is 0 Å². The molecule has 2 aliphatic rings. The van der Waals surface area contributed by atoms with E-state index in [0.29, 0.717) is 26.1 Å². The highest BCUT2D eigenvalue weighted by molar-refractivity contribution is 5.76. The summed E-state index contributed by atoms with van der Waals surface area (Å²) in [4.78, 5) is 27.1. The molecule has 136 valence electrons. The maximum Gasteiger partial charge on any atom is 0.222 e. The van der Waals surface area contributed by atoms with Crippen molar-refractivity contribution in [1.82, 2.24) is 19.9 Å². The van der Waals surface area contributed by atoms with Crippen LogP contribution in [0.1, 0.15) is 36.1 Å². The van der Waals surface area contributed by atoms with Crippen molar-refractivity contribution >= 4 is 11.9 Å². The topological polar surface area (TPSA) is 94.2 Å². The molecule has 4 heterocycles. The quantitative estimate of drug-likeness (QED) is 0.898. The van der Waals surface area contributed by atoms with Crippen molar-refractivity contribution in [1.29, 1.82) is 0 Å². The largest absolute Gasteiger partial charge is 0.368 e. The molecule has 0 aromatic carbocycles. The van der Waals surface area contributed by atoms with Crippen LogP contribution in [0.3, 0.4) is 0 Å². The van der Waals surface area contributed by atoms with Crippen molar-refractivity contribution < 1.29 is 9.53 Å². The first-order chi connectivity index (χ1) is 12.7. The minimum Gasteiger partial charge on any atom is -0.368 e. The maximum absolute atomic E-state index is 12.6. The summed E-state index contributed by atoms with van der Waals surface area (Å²) in [5, 5.41) is 0. The van der Waals surface area contributed by atoms with Gasteiger partial charge in [0.2, 0.25) is 11.9 Å². The van der Waals surface area contributed by atoms with Crippen LogP contribution in [0.25, 0.3) is 0 Å². The number of anilines is 1. The Kier molecular flexibility index (Phi) is 4.55. The number of pyridine rings is 1. The summed E-state index contributed by atoms with van der Waals surface area (Å²) in [6.07, 6.45) is 8.90. The molecule has 7 nitrogen and oxygen atoms in total. The molecule has 1 fully saturated rings. The molecule has 26 heavy (non-hydrogen) atoms. The third-order valence-corrected chi connectivity index (χ3v) is 5.37. The second-order valence-electron chi connectivity index (χ2n) is 6.93. The molecule has 1 saturated heterocycles. The number of carbonyl (C=O) groups is 1. The molecule has 2 aromatic heterocycles. The van der Waals surface area contributed by atoms with Crippen LogP contribution in [0.2, 0.25) is 0 Å². The first kappa shape index (κ1) is 16.9. The van der Waals surface area contributed by atoms with E-state index in [2.05, 4.69) is 15.0 Å². The summed E-state index contributed by atoms with van der Waals surface area (Å²) >= 11 is 0. The van der Waals surface area contributed by atoms with Gasteiger partial charge in [-0.05, 0) is 48.9 Å². The summed E-state index contributed by atoms with van der Waals surface area (Å²) in [6, 6.07) is 3.91. The number of hydrogen-bond donors (Lipinski definition) is 1. The lowest BCUT2D eigenvalue weighted by atomic mass is 9.83. The number of aromatic nitrogens is 3. The smallest absolute Gasteiger partial charge is 0.222 e. The Labute approximate surface area is 152 Å². The molecule has 0 saturated carbocycles. The van der Waals surface area contributed by atoms with Crippen molar-refractivity contribution in [3.05, 3.63) is 47.5 Å². The lowest BCUT2D eigenvalue weighted by molar-refractivity contribution is -0.141. The molecular weight excluding hydrogens is 330 g/mol. The van der Waals surface area contributed by atoms with E-state index in [-0.39, 0.29) is 11.9 Å². The standard InChI is InChI=1S/C19H23N5O2/c20-18-22-13-15-5-12-26-19(17(15)23-18)6-10-24(11-7-19)16(25)2-1-14-3-8-21-9-4-14/h3-4,8-9,13H,1-2,5-7,10-12H2,(H2,20,22,23). The third-order valence-electron chi connectivity index (χ3n) is 5.37. The van der Waals surface area contributed by atoms with Gasteiger partial charge in [-0.3, -0.25) is 9.78 Å². The van der Waals surface area contributed by atoms with Crippen LogP contribution in [0.5, 0.6) is 0 Å². The highest BCUT2D eigenvalue weighted by Crippen LogP contribution is 2.40. The fourth-order valence-corrected chi connectivity index (χ4v) is 3.88. The van der Waals surface area contributed by atoms with Gasteiger partial charge in [-0.15, -0.1) is 0 Å². The average Bonchev–Trinajstić information content (AvgIpc) is 2.68. The fraction of sp³-hybridized carbons (Fsp3) is 0.474. The van der Waals surface area contributed by atoms with Crippen LogP contribution in [0, 0.1) is 0 Å². The van der Waals surface area contributed by atoms with Gasteiger partial charge >= 0.3 is 0 Å². The third kappa shape index (κ3) is 3.26. The molecule has 0 aliphatic carbocycles. The lowest BCUT2D eigenvalue weighted by Gasteiger charge is -2.44. The molecule has 2 aromatic rings. The number of nitrogen functional groups attached to an aromatic ring is 1. The Bertz CT molecular complexity index is 788. The first-order valence-corrected chi connectivity index (χ1v) is 9.09. The minimum atomic E-state index is -0.424. The Balaban J connectivity index is 1.40. The van der Waals surface area contributed by atoms with Gasteiger partial charge in [0.05, 0.1) is 12.3 Å². The van der Waals surface area contributed by atoms with E-state index in [1.54, 1.807) is 12.4 Å². The van der Waals surface area contributed by atoms with Crippen LogP contribution in [-0.4, -0.2) is 45.5 Å². The van der Waals surface area contributed by atoms with Crippen LogP contribution in [0.15, 0.2) is 30.7 Å². The van der Waals surface area contributed by atoms with Crippen LogP contribution < -0.4 is 5.73 Å². The summed E-state index contributed by atoms with van der Waals surface area (Å²) in [5.41, 5.74) is 8.54. The van der Waals surface area contributed by atoms with E-state index in [0.717, 1.165) is 42.5 Å². The highest BCUT2D eigenvalue weighted by atomic mass is 16.5. The maximum atomic E-state index is 12.6. The van der Waals surface area contributed by atoms with E-state index >= 15 is 0 Å². The lowest BCUT2D eigenvalue weighted by Crippen LogP contribution is -2.49. The van der Waals surface area contributed by atoms with Gasteiger partial charge in [0.15, 0.2) is 0 Å². The number of amides is 1. The number of nitrogens with zero attached hydrogens (tertiary/aromatic N) is 4. The van der Waals surface area contributed by atoms with Crippen LogP contribution in [0.4, 0.5) is 5.95 Å². The molecule has 0 atom stereocenters. The molecule has 4 rings (SSSR count). The Morgan fingerprint density at radius 2 is 2.04 bits per heavy atom. The number of carbonyl (C=O) groups excluding carboxylic acids is 1. The average molecular weight is 353 g/mol. The summed E-state index contributed by atoms with van der Waals surface area (Å²) < 4.78 is 6.15. The molecule has 2 N–H and O–H groups in total. The summed E-state index contributed by atoms with van der Waals surface area (Å²) in [5.74, 6) is 0.472. The van der Waals surface area contributed by atoms with Crippen LogP contribution in [-0.2, 0) is 28.0 Å². The normalized spacial score (nSPS) is 18.5. The number of rotatable bonds is 3. The molecule has 1 spiro atoms. The van der Waals surface area contributed by atoms with E-state index < -0.39 is 5.60 Å². The number of fused-ring (bicyclic) bond motifs is 2. The van der Waals surface area contributed by atoms with Gasteiger partial charge in [-0.2, -0.15) is 0 Å². The van der Waals surface area contributed by atoms with E-state index in [1.807, 2.05) is 23.2 Å². The zero-order valence-corrected chi connectivity index (χ0v) is 14.7. The van der Waals surface area contributed by atoms with Gasteiger partial charge < -0.3 is 15.4 Å². The second kappa shape index (κ2) is 6.99. The number of piperidine rings is 1. The van der Waals surface area contributed by atoms with E-state index in [4.69, 9.17) is 10.5 Å². The van der Waals surface area contributed by atoms with Crippen molar-refractivity contribution in [3.8, 4) is 0 Å². The SMILES string of the molecule is Nc1ncc2c(n1)C1(CCN(C(=O)CCc3ccncc3)CC1)OCC2. The van der Waals surface area contributed by atoms with Crippen LogP contribution >= 0.6 is 0 Å². The molecular formula is C19H23N5O2. The number of ether oxygens (including phenoxy) is 1. The zero-order valence-electron chi connectivity index (χ0n) is 14.7. The van der Waals surface area contributed by atoms with E-state index in [1.165, 1.54) is 0 Å². The van der Waals surface area contributed by atoms with Gasteiger partial charge in [-0.25, -0.2) is 9.97 Å². The molecule has 7 heteroatoms. The Morgan fingerprint density at radius 1 is 1.27 bits per heavy atom. The fourth-order valence-electron chi connectivity index (χ4n) is 3.88. The molecule has 1 amide bonds. The zero-order chi connectivity index (χ0) is 18.0. The Hall–Kier alpha value is -2.54. The number of nitrogens with two attached hydrogens (primary N) is 1. The van der Waals surface area contributed by atoms with Gasteiger partial charge in [-0.1, -0.05) is 0 Å². The predicted octanol–water partition coefficient (Wildman–Crippen LogP) is 1.48. The molecule has 0 unspecified atom stereocenters. The number of hydrogen-bond acceptors (Lipinski definition) is 6. The summed E-state index contributed by atoms with van der Waals surface area (Å²) in [7, 11) is 0. The van der Waals surface area contributed by atoms with E-state index in [9.17, 15) is 4.79 Å². The predicted molar refractivity (Wildman–Crippen MR) is 96.2 cm³/mol. The number of likely N-dealkylation sites (tertiary alicyclic amines) is 1. The van der Waals surface area contributed by atoms with Gasteiger partial charge in [0.1, 0.15) is 5.60 Å². The minimum absolute atomic E-state index is 0.190. The molecule has 0 radical (unpaired) electrons. The highest BCUT2D eigenvalue weighted by Gasteiger charge is 2.43. The van der Waals surface area contributed by atoms with Gasteiger partial charge in [0, 0.05) is 38.1 Å². The van der Waals surface area contributed by atoms with Crippen molar-refractivity contribution in [3.63, 3.8) is 0 Å². The van der Waals surface area contributed by atoms with Crippen molar-refractivity contribution in [2.45, 2.75) is 37.7 Å². The number of aryl methyl sites for hydroxylation is 1. The van der Waals surface area contributed by atoms with Crippen molar-refractivity contribution in [2.75, 3.05) is 25.4 Å². The van der Waals surface area contributed by atoms with Crippen molar-refractivity contribution in [2.24, 2.45) is 0 Å².